The van der Waals surface area contributed by atoms with Crippen molar-refractivity contribution in [2.24, 2.45) is 0 Å². The van der Waals surface area contributed by atoms with Crippen LogP contribution < -0.4 is 5.32 Å². The van der Waals surface area contributed by atoms with Gasteiger partial charge in [-0.3, -0.25) is 14.8 Å². The topological polar surface area (TPSA) is 73.0 Å². The quantitative estimate of drug-likeness (QED) is 0.682. The molecule has 0 unspecified atom stereocenters. The molecule has 0 amide bonds. The highest BCUT2D eigenvalue weighted by atomic mass is 16.6. The average molecular weight is 314 g/mol. The molecule has 6 nitrogen and oxygen atoms in total. The number of nitrogens with one attached hydrogen (secondary N) is 1. The summed E-state index contributed by atoms with van der Waals surface area (Å²) in [4.78, 5) is 10.7. The van der Waals surface area contributed by atoms with E-state index in [0.29, 0.717) is 5.56 Å². The lowest BCUT2D eigenvalue weighted by atomic mass is 9.99. The summed E-state index contributed by atoms with van der Waals surface area (Å²) < 4.78 is 2.11. The van der Waals surface area contributed by atoms with E-state index in [4.69, 9.17) is 5.10 Å². The summed E-state index contributed by atoms with van der Waals surface area (Å²) in [6.07, 6.45) is 0.950. The van der Waals surface area contributed by atoms with Crippen LogP contribution in [0, 0.1) is 17.0 Å². The number of aromatic nitrogens is 2. The Kier molecular flexibility index (Phi) is 3.72. The number of nitrogens with zero attached hydrogens (tertiary/aromatic N) is 3. The first kappa shape index (κ1) is 15.7. The molecule has 23 heavy (non-hydrogen) atoms. The second-order valence-corrected chi connectivity index (χ2v) is 7.04. The first-order valence-electron chi connectivity index (χ1n) is 7.86. The average Bonchev–Trinajstić information content (AvgIpc) is 2.86. The van der Waals surface area contributed by atoms with E-state index in [2.05, 4.69) is 30.8 Å². The molecule has 0 bridgehead atoms. The Balaban J connectivity index is 2.15. The minimum atomic E-state index is -0.343. The number of rotatable bonds is 2. The van der Waals surface area contributed by atoms with E-state index in [1.807, 2.05) is 6.07 Å². The van der Waals surface area contributed by atoms with Crippen LogP contribution in [0.15, 0.2) is 18.2 Å². The normalized spacial score (nSPS) is 14.6. The van der Waals surface area contributed by atoms with Gasteiger partial charge in [-0.2, -0.15) is 5.10 Å². The fraction of sp³-hybridized carbons (Fsp3) is 0.471. The standard InChI is InChI=1S/C17H22N4O2/c1-11-9-12(5-6-14(11)21(22)23)16-13-10-18-8-7-15(13)20(19-16)17(2,3)4/h5-6,9,18H,7-8,10H2,1-4H3. The molecule has 2 aromatic rings. The van der Waals surface area contributed by atoms with Gasteiger partial charge in [0, 0.05) is 48.0 Å². The van der Waals surface area contributed by atoms with Gasteiger partial charge in [0.1, 0.15) is 0 Å². The number of nitro groups is 1. The van der Waals surface area contributed by atoms with E-state index in [0.717, 1.165) is 30.8 Å². The van der Waals surface area contributed by atoms with Crippen LogP contribution >= 0.6 is 0 Å². The van der Waals surface area contributed by atoms with Crippen molar-refractivity contribution in [1.29, 1.82) is 0 Å². The van der Waals surface area contributed by atoms with E-state index in [-0.39, 0.29) is 16.1 Å². The number of hydrogen-bond acceptors (Lipinski definition) is 4. The number of hydrogen-bond donors (Lipinski definition) is 1. The Morgan fingerprint density at radius 3 is 2.70 bits per heavy atom. The summed E-state index contributed by atoms with van der Waals surface area (Å²) in [6.45, 7) is 9.95. The van der Waals surface area contributed by atoms with Gasteiger partial charge < -0.3 is 5.32 Å². The van der Waals surface area contributed by atoms with Crippen LogP contribution in [0.3, 0.4) is 0 Å². The van der Waals surface area contributed by atoms with Crippen molar-refractivity contribution >= 4 is 5.69 Å². The lowest BCUT2D eigenvalue weighted by Crippen LogP contribution is -2.30. The summed E-state index contributed by atoms with van der Waals surface area (Å²) >= 11 is 0. The summed E-state index contributed by atoms with van der Waals surface area (Å²) in [6, 6.07) is 5.24. The molecule has 0 saturated carbocycles. The van der Waals surface area contributed by atoms with E-state index in [1.54, 1.807) is 19.1 Å². The van der Waals surface area contributed by atoms with Crippen LogP contribution in [0.4, 0.5) is 5.69 Å². The van der Waals surface area contributed by atoms with E-state index < -0.39 is 0 Å². The minimum Gasteiger partial charge on any atom is -0.312 e. The zero-order valence-corrected chi connectivity index (χ0v) is 14.0. The lowest BCUT2D eigenvalue weighted by Gasteiger charge is -2.24. The van der Waals surface area contributed by atoms with Crippen LogP contribution in [0.1, 0.15) is 37.6 Å². The number of benzene rings is 1. The third-order valence-electron chi connectivity index (χ3n) is 4.23. The highest BCUT2D eigenvalue weighted by Crippen LogP contribution is 2.33. The Labute approximate surface area is 135 Å². The Morgan fingerprint density at radius 2 is 2.09 bits per heavy atom. The number of aryl methyl sites for hydroxylation is 1. The second kappa shape index (κ2) is 5.45. The number of fused-ring (bicyclic) bond motifs is 1. The van der Waals surface area contributed by atoms with Gasteiger partial charge >= 0.3 is 0 Å². The van der Waals surface area contributed by atoms with Crippen LogP contribution in [-0.2, 0) is 18.5 Å². The largest absolute Gasteiger partial charge is 0.312 e. The van der Waals surface area contributed by atoms with Crippen LogP contribution in [-0.4, -0.2) is 21.2 Å². The van der Waals surface area contributed by atoms with Gasteiger partial charge in [0.15, 0.2) is 0 Å². The SMILES string of the molecule is Cc1cc(-c2nn(C(C)(C)C)c3c2CNCC3)ccc1[N+](=O)[O-]. The molecule has 0 saturated heterocycles. The highest BCUT2D eigenvalue weighted by molar-refractivity contribution is 5.67. The van der Waals surface area contributed by atoms with Crippen molar-refractivity contribution in [3.63, 3.8) is 0 Å². The molecule has 6 heteroatoms. The van der Waals surface area contributed by atoms with E-state index in [1.165, 1.54) is 11.3 Å². The first-order valence-corrected chi connectivity index (χ1v) is 7.86. The molecule has 3 rings (SSSR count). The van der Waals surface area contributed by atoms with Gasteiger partial charge in [0.05, 0.1) is 16.2 Å². The monoisotopic (exact) mass is 314 g/mol. The Bertz CT molecular complexity index is 772. The smallest absolute Gasteiger partial charge is 0.272 e. The van der Waals surface area contributed by atoms with Crippen LogP contribution in [0.25, 0.3) is 11.3 Å². The molecule has 0 aliphatic carbocycles. The molecule has 0 spiro atoms. The molecular weight excluding hydrogens is 292 g/mol. The maximum Gasteiger partial charge on any atom is 0.272 e. The zero-order valence-electron chi connectivity index (χ0n) is 14.0. The van der Waals surface area contributed by atoms with Gasteiger partial charge in [-0.15, -0.1) is 0 Å². The molecule has 1 N–H and O–H groups in total. The lowest BCUT2D eigenvalue weighted by molar-refractivity contribution is -0.385. The predicted octanol–water partition coefficient (Wildman–Crippen LogP) is 3.17. The molecule has 122 valence electrons. The van der Waals surface area contributed by atoms with Crippen molar-refractivity contribution in [2.75, 3.05) is 6.54 Å². The third kappa shape index (κ3) is 2.74. The molecule has 1 aromatic carbocycles. The fourth-order valence-electron chi connectivity index (χ4n) is 3.14. The maximum atomic E-state index is 11.0. The van der Waals surface area contributed by atoms with E-state index >= 15 is 0 Å². The fourth-order valence-corrected chi connectivity index (χ4v) is 3.14. The maximum absolute atomic E-state index is 11.0. The van der Waals surface area contributed by atoms with Gasteiger partial charge in [0.2, 0.25) is 0 Å². The predicted molar refractivity (Wildman–Crippen MR) is 89.5 cm³/mol. The Morgan fingerprint density at radius 1 is 1.35 bits per heavy atom. The van der Waals surface area contributed by atoms with Gasteiger partial charge in [-0.1, -0.05) is 0 Å². The van der Waals surface area contributed by atoms with Crippen LogP contribution in [0.2, 0.25) is 0 Å². The summed E-state index contributed by atoms with van der Waals surface area (Å²) in [5.74, 6) is 0. The van der Waals surface area contributed by atoms with Crippen LogP contribution in [0.5, 0.6) is 0 Å². The van der Waals surface area contributed by atoms with Crippen molar-refractivity contribution in [2.45, 2.75) is 46.2 Å². The number of nitro benzene ring substituents is 1. The summed E-state index contributed by atoms with van der Waals surface area (Å²) in [5.41, 5.74) is 5.07. The van der Waals surface area contributed by atoms with E-state index in [9.17, 15) is 10.1 Å². The van der Waals surface area contributed by atoms with Crippen molar-refractivity contribution < 1.29 is 4.92 Å². The second-order valence-electron chi connectivity index (χ2n) is 7.04. The Hall–Kier alpha value is -2.21. The van der Waals surface area contributed by atoms with Crippen molar-refractivity contribution in [3.05, 3.63) is 45.1 Å². The molecule has 0 fully saturated rings. The molecule has 2 heterocycles. The molecule has 1 aliphatic heterocycles. The molecule has 1 aromatic heterocycles. The molecule has 0 atom stereocenters. The minimum absolute atomic E-state index is 0.0878. The molecule has 1 aliphatic rings. The third-order valence-corrected chi connectivity index (χ3v) is 4.23. The summed E-state index contributed by atoms with van der Waals surface area (Å²) in [7, 11) is 0. The molecule has 0 radical (unpaired) electrons. The summed E-state index contributed by atoms with van der Waals surface area (Å²) in [5, 5.41) is 19.3. The van der Waals surface area contributed by atoms with Gasteiger partial charge in [-0.25, -0.2) is 0 Å². The van der Waals surface area contributed by atoms with Gasteiger partial charge in [0.25, 0.3) is 5.69 Å². The zero-order chi connectivity index (χ0) is 16.8. The van der Waals surface area contributed by atoms with Crippen molar-refractivity contribution in [3.8, 4) is 11.3 Å². The first-order chi connectivity index (χ1) is 10.8. The highest BCUT2D eigenvalue weighted by Gasteiger charge is 2.27. The molecular formula is C17H22N4O2. The van der Waals surface area contributed by atoms with Gasteiger partial charge in [-0.05, 0) is 39.8 Å². The van der Waals surface area contributed by atoms with Crippen molar-refractivity contribution in [1.82, 2.24) is 15.1 Å².